The average molecular weight is 545 g/mol. The Hall–Kier alpha value is -4.63. The van der Waals surface area contributed by atoms with E-state index < -0.39 is 12.1 Å². The second kappa shape index (κ2) is 10.6. The van der Waals surface area contributed by atoms with Gasteiger partial charge in [-0.1, -0.05) is 23.7 Å². The maximum atomic E-state index is 13.6. The van der Waals surface area contributed by atoms with Crippen LogP contribution in [-0.4, -0.2) is 49.2 Å². The van der Waals surface area contributed by atoms with Crippen molar-refractivity contribution in [1.82, 2.24) is 9.66 Å². The Morgan fingerprint density at radius 3 is 2.69 bits per heavy atom. The summed E-state index contributed by atoms with van der Waals surface area (Å²) in [4.78, 5) is 32.2. The number of fused-ring (bicyclic) bond motifs is 2. The van der Waals surface area contributed by atoms with E-state index >= 15 is 0 Å². The topological polar surface area (TPSA) is 99.2 Å². The van der Waals surface area contributed by atoms with Crippen molar-refractivity contribution in [3.8, 4) is 17.3 Å². The minimum absolute atomic E-state index is 0.220. The van der Waals surface area contributed by atoms with Crippen LogP contribution in [0.3, 0.4) is 0 Å². The molecule has 2 aromatic heterocycles. The number of furan rings is 1. The van der Waals surface area contributed by atoms with Gasteiger partial charge in [-0.3, -0.25) is 4.79 Å². The zero-order valence-electron chi connectivity index (χ0n) is 21.7. The lowest BCUT2D eigenvalue weighted by Gasteiger charge is -2.18. The van der Waals surface area contributed by atoms with Crippen molar-refractivity contribution in [2.75, 3.05) is 26.1 Å². The number of nitrogens with zero attached hydrogens (tertiary/aromatic N) is 4. The Morgan fingerprint density at radius 2 is 1.92 bits per heavy atom. The van der Waals surface area contributed by atoms with Crippen molar-refractivity contribution >= 4 is 51.3 Å². The van der Waals surface area contributed by atoms with Gasteiger partial charge >= 0.3 is 5.97 Å². The molecule has 0 saturated carbocycles. The summed E-state index contributed by atoms with van der Waals surface area (Å²) >= 11 is 6.16. The van der Waals surface area contributed by atoms with Crippen molar-refractivity contribution in [3.63, 3.8) is 0 Å². The van der Waals surface area contributed by atoms with Crippen LogP contribution in [0.15, 0.2) is 81.0 Å². The first-order valence-electron chi connectivity index (χ1n) is 12.1. The van der Waals surface area contributed by atoms with Gasteiger partial charge < -0.3 is 18.8 Å². The first-order chi connectivity index (χ1) is 18.7. The summed E-state index contributed by atoms with van der Waals surface area (Å²) in [5.74, 6) is 0.448. The summed E-state index contributed by atoms with van der Waals surface area (Å²) in [6.07, 6.45) is 0.627. The van der Waals surface area contributed by atoms with Crippen LogP contribution in [0.1, 0.15) is 12.5 Å². The highest BCUT2D eigenvalue weighted by molar-refractivity contribution is 6.31. The zero-order chi connectivity index (χ0) is 27.7. The lowest BCUT2D eigenvalue weighted by atomic mass is 10.2. The molecule has 10 heteroatoms. The standard InChI is InChI=1S/C29H25ClN4O5/c1-17(29(36)37-4)38-25-15-21(33(2)3)11-9-18(25)16-31-34-27(32-23-8-6-5-7-22(23)28(34)35)26-14-19-13-20(30)10-12-24(19)39-26/h5-17H,1-4H3/t17-/m1/s1. The van der Waals surface area contributed by atoms with E-state index in [0.29, 0.717) is 38.6 Å². The maximum Gasteiger partial charge on any atom is 0.346 e. The Labute approximate surface area is 228 Å². The summed E-state index contributed by atoms with van der Waals surface area (Å²) in [6.45, 7) is 1.60. The largest absolute Gasteiger partial charge is 0.478 e. The smallest absolute Gasteiger partial charge is 0.346 e. The Kier molecular flexibility index (Phi) is 7.08. The molecule has 0 aliphatic rings. The summed E-state index contributed by atoms with van der Waals surface area (Å²) < 4.78 is 17.9. The number of benzene rings is 3. The van der Waals surface area contributed by atoms with E-state index in [2.05, 4.69) is 5.10 Å². The fraction of sp³-hybridized carbons (Fsp3) is 0.172. The number of para-hydroxylation sites is 1. The predicted octanol–water partition coefficient (Wildman–Crippen LogP) is 5.35. The van der Waals surface area contributed by atoms with Crippen LogP contribution < -0.4 is 15.2 Å². The van der Waals surface area contributed by atoms with Gasteiger partial charge in [-0.25, -0.2) is 9.78 Å². The molecule has 0 bridgehead atoms. The van der Waals surface area contributed by atoms with E-state index in [1.807, 2.05) is 31.1 Å². The maximum absolute atomic E-state index is 13.6. The summed E-state index contributed by atoms with van der Waals surface area (Å²) in [5.41, 5.74) is 2.12. The number of anilines is 1. The third-order valence-electron chi connectivity index (χ3n) is 6.12. The molecule has 5 aromatic rings. The van der Waals surface area contributed by atoms with Crippen LogP contribution in [0.4, 0.5) is 5.69 Å². The van der Waals surface area contributed by atoms with Gasteiger partial charge in [-0.2, -0.15) is 9.78 Å². The van der Waals surface area contributed by atoms with Crippen LogP contribution in [0.2, 0.25) is 5.02 Å². The van der Waals surface area contributed by atoms with Crippen LogP contribution >= 0.6 is 11.6 Å². The molecule has 3 aromatic carbocycles. The first kappa shape index (κ1) is 26.0. The number of halogens is 1. The Balaban J connectivity index is 1.66. The van der Waals surface area contributed by atoms with E-state index in [4.69, 9.17) is 30.5 Å². The molecule has 0 fully saturated rings. The molecule has 0 N–H and O–H groups in total. The number of hydrogen-bond donors (Lipinski definition) is 0. The molecule has 198 valence electrons. The predicted molar refractivity (Wildman–Crippen MR) is 152 cm³/mol. The molecule has 0 aliphatic heterocycles. The molecule has 5 rings (SSSR count). The molecule has 0 saturated heterocycles. The molecule has 0 unspecified atom stereocenters. The van der Waals surface area contributed by atoms with E-state index in [1.165, 1.54) is 18.0 Å². The highest BCUT2D eigenvalue weighted by Gasteiger charge is 2.19. The van der Waals surface area contributed by atoms with Crippen molar-refractivity contribution < 1.29 is 18.7 Å². The molecule has 2 heterocycles. The van der Waals surface area contributed by atoms with Crippen molar-refractivity contribution in [1.29, 1.82) is 0 Å². The number of carbonyl (C=O) groups excluding carboxylic acids is 1. The highest BCUT2D eigenvalue weighted by atomic mass is 35.5. The number of hydrogen-bond acceptors (Lipinski definition) is 8. The van der Waals surface area contributed by atoms with Gasteiger partial charge in [0.05, 0.1) is 24.2 Å². The van der Waals surface area contributed by atoms with Crippen LogP contribution in [0.5, 0.6) is 5.75 Å². The third-order valence-corrected chi connectivity index (χ3v) is 6.35. The number of aromatic nitrogens is 2. The molecule has 1 atom stereocenters. The fourth-order valence-corrected chi connectivity index (χ4v) is 4.23. The first-order valence-corrected chi connectivity index (χ1v) is 12.4. The molecule has 0 radical (unpaired) electrons. The molecule has 0 spiro atoms. The van der Waals surface area contributed by atoms with Gasteiger partial charge in [0.1, 0.15) is 11.3 Å². The summed E-state index contributed by atoms with van der Waals surface area (Å²) in [5, 5.41) is 6.25. The molecular formula is C29H25ClN4O5. The van der Waals surface area contributed by atoms with E-state index in [-0.39, 0.29) is 11.4 Å². The highest BCUT2D eigenvalue weighted by Crippen LogP contribution is 2.30. The molecule has 39 heavy (non-hydrogen) atoms. The minimum atomic E-state index is -0.859. The van der Waals surface area contributed by atoms with Crippen LogP contribution in [-0.2, 0) is 9.53 Å². The van der Waals surface area contributed by atoms with E-state index in [9.17, 15) is 9.59 Å². The zero-order valence-corrected chi connectivity index (χ0v) is 22.5. The second-order valence-corrected chi connectivity index (χ2v) is 9.44. The molecular weight excluding hydrogens is 520 g/mol. The van der Waals surface area contributed by atoms with Crippen LogP contribution in [0, 0.1) is 0 Å². The summed E-state index contributed by atoms with van der Waals surface area (Å²) in [7, 11) is 5.08. The van der Waals surface area contributed by atoms with Crippen molar-refractivity contribution in [3.05, 3.63) is 87.7 Å². The monoisotopic (exact) mass is 544 g/mol. The number of methoxy groups -OCH3 is 1. The minimum Gasteiger partial charge on any atom is -0.478 e. The van der Waals surface area contributed by atoms with Gasteiger partial charge in [0.15, 0.2) is 11.9 Å². The lowest BCUT2D eigenvalue weighted by Crippen LogP contribution is -2.25. The van der Waals surface area contributed by atoms with Crippen molar-refractivity contribution in [2.45, 2.75) is 13.0 Å². The van der Waals surface area contributed by atoms with Gasteiger partial charge in [0, 0.05) is 41.8 Å². The van der Waals surface area contributed by atoms with Gasteiger partial charge in [-0.05, 0) is 55.5 Å². The van der Waals surface area contributed by atoms with Crippen LogP contribution in [0.25, 0.3) is 33.5 Å². The Morgan fingerprint density at radius 1 is 1.13 bits per heavy atom. The average Bonchev–Trinajstić information content (AvgIpc) is 3.35. The van der Waals surface area contributed by atoms with Gasteiger partial charge in [0.2, 0.25) is 5.82 Å². The number of rotatable bonds is 7. The molecule has 0 amide bonds. The SMILES string of the molecule is COC(=O)[C@@H](C)Oc1cc(N(C)C)ccc1C=Nn1c(-c2cc3cc(Cl)ccc3o2)nc2ccccc2c1=O. The van der Waals surface area contributed by atoms with Gasteiger partial charge in [-0.15, -0.1) is 0 Å². The number of ether oxygens (including phenoxy) is 2. The van der Waals surface area contributed by atoms with E-state index in [1.54, 1.807) is 61.5 Å². The fourth-order valence-electron chi connectivity index (χ4n) is 4.05. The molecule has 9 nitrogen and oxygen atoms in total. The lowest BCUT2D eigenvalue weighted by molar-refractivity contribution is -0.147. The molecule has 0 aliphatic carbocycles. The summed E-state index contributed by atoms with van der Waals surface area (Å²) in [6, 6.07) is 19.5. The Bertz CT molecular complexity index is 1790. The van der Waals surface area contributed by atoms with Crippen molar-refractivity contribution in [2.24, 2.45) is 5.10 Å². The quantitative estimate of drug-likeness (QED) is 0.201. The number of carbonyl (C=O) groups is 1. The number of esters is 1. The second-order valence-electron chi connectivity index (χ2n) is 9.01. The van der Waals surface area contributed by atoms with E-state index in [0.717, 1.165) is 11.1 Å². The van der Waals surface area contributed by atoms with Gasteiger partial charge in [0.25, 0.3) is 5.56 Å². The normalized spacial score (nSPS) is 12.2. The third kappa shape index (κ3) is 5.21.